The van der Waals surface area contributed by atoms with E-state index in [2.05, 4.69) is 21.9 Å². The summed E-state index contributed by atoms with van der Waals surface area (Å²) in [6, 6.07) is 13.7. The van der Waals surface area contributed by atoms with Crippen LogP contribution in [0.5, 0.6) is 5.75 Å². The minimum atomic E-state index is -0.359. The third-order valence-electron chi connectivity index (χ3n) is 5.86. The Morgan fingerprint density at radius 1 is 1.16 bits per heavy atom. The minimum Gasteiger partial charge on any atom is -0.486 e. The van der Waals surface area contributed by atoms with Crippen LogP contribution in [0.3, 0.4) is 0 Å². The number of nitrogens with zero attached hydrogens (tertiary/aromatic N) is 4. The number of rotatable bonds is 5. The topological polar surface area (TPSA) is 73.4 Å². The fraction of sp³-hybridized carbons (Fsp3) is 0.320. The maximum absolute atomic E-state index is 12.4. The van der Waals surface area contributed by atoms with Crippen molar-refractivity contribution in [1.29, 1.82) is 0 Å². The third kappa shape index (κ3) is 4.29. The molecular weight excluding hydrogens is 404 g/mol. The van der Waals surface area contributed by atoms with E-state index in [1.54, 1.807) is 17.0 Å². The molecule has 0 spiro atoms. The number of aromatic nitrogens is 3. The molecule has 1 aliphatic heterocycles. The molecular formula is C25H26N4O3. The Balaban J connectivity index is 1.35. The molecule has 164 valence electrons. The lowest BCUT2D eigenvalue weighted by atomic mass is 10.1. The highest BCUT2D eigenvalue weighted by atomic mass is 16.5. The maximum atomic E-state index is 12.4. The summed E-state index contributed by atoms with van der Waals surface area (Å²) in [6.45, 7) is 4.45. The number of fused-ring (bicyclic) bond motifs is 1. The number of oxazole rings is 1. The Bertz CT molecular complexity index is 1290. The summed E-state index contributed by atoms with van der Waals surface area (Å²) < 4.78 is 13.1. The summed E-state index contributed by atoms with van der Waals surface area (Å²) in [5.74, 6) is 0.958. The lowest BCUT2D eigenvalue weighted by Gasteiger charge is -2.29. The average molecular weight is 431 g/mol. The van der Waals surface area contributed by atoms with E-state index in [1.165, 1.54) is 0 Å². The molecule has 7 heteroatoms. The molecule has 32 heavy (non-hydrogen) atoms. The van der Waals surface area contributed by atoms with Crippen LogP contribution in [-0.2, 0) is 6.54 Å². The van der Waals surface area contributed by atoms with Crippen LogP contribution in [0, 0.1) is 6.92 Å². The molecule has 0 aliphatic carbocycles. The molecule has 1 fully saturated rings. The predicted molar refractivity (Wildman–Crippen MR) is 123 cm³/mol. The van der Waals surface area contributed by atoms with E-state index in [0.29, 0.717) is 23.7 Å². The third-order valence-corrected chi connectivity index (χ3v) is 5.86. The van der Waals surface area contributed by atoms with Crippen LogP contribution in [0.25, 0.3) is 22.5 Å². The number of aryl methyl sites for hydroxylation is 1. The van der Waals surface area contributed by atoms with Gasteiger partial charge in [0.05, 0.1) is 24.5 Å². The van der Waals surface area contributed by atoms with Crippen LogP contribution in [0.4, 0.5) is 0 Å². The van der Waals surface area contributed by atoms with Crippen LogP contribution in [0.2, 0.25) is 0 Å². The maximum Gasteiger partial charge on any atom is 0.420 e. The molecule has 1 unspecified atom stereocenters. The molecule has 1 atom stereocenters. The molecule has 1 aliphatic rings. The quantitative estimate of drug-likeness (QED) is 0.478. The van der Waals surface area contributed by atoms with Gasteiger partial charge in [0.25, 0.3) is 0 Å². The number of piperidine rings is 1. The number of hydrogen-bond acceptors (Lipinski definition) is 6. The van der Waals surface area contributed by atoms with Crippen LogP contribution >= 0.6 is 0 Å². The van der Waals surface area contributed by atoms with Crippen molar-refractivity contribution in [2.75, 3.05) is 20.1 Å². The van der Waals surface area contributed by atoms with Gasteiger partial charge in [-0.05, 0) is 62.7 Å². The fourth-order valence-electron chi connectivity index (χ4n) is 4.25. The van der Waals surface area contributed by atoms with Crippen molar-refractivity contribution < 1.29 is 9.15 Å². The lowest BCUT2D eigenvalue weighted by molar-refractivity contribution is 0.103. The fourth-order valence-corrected chi connectivity index (χ4v) is 4.25. The molecule has 4 aromatic rings. The zero-order chi connectivity index (χ0) is 22.1. The van der Waals surface area contributed by atoms with Crippen molar-refractivity contribution in [2.24, 2.45) is 0 Å². The zero-order valence-electron chi connectivity index (χ0n) is 18.3. The Morgan fingerprint density at radius 3 is 2.81 bits per heavy atom. The van der Waals surface area contributed by atoms with E-state index >= 15 is 0 Å². The Kier molecular flexibility index (Phi) is 5.49. The second-order valence-electron chi connectivity index (χ2n) is 8.51. The second kappa shape index (κ2) is 8.59. The molecule has 0 bridgehead atoms. The van der Waals surface area contributed by atoms with Crippen molar-refractivity contribution >= 4 is 11.1 Å². The molecule has 0 N–H and O–H groups in total. The summed E-state index contributed by atoms with van der Waals surface area (Å²) in [5, 5.41) is 0. The van der Waals surface area contributed by atoms with Gasteiger partial charge in [-0.15, -0.1) is 0 Å². The van der Waals surface area contributed by atoms with Crippen LogP contribution < -0.4 is 10.5 Å². The van der Waals surface area contributed by atoms with Crippen LogP contribution in [-0.4, -0.2) is 45.7 Å². The number of benzene rings is 2. The van der Waals surface area contributed by atoms with Crippen LogP contribution in [0.1, 0.15) is 24.0 Å². The molecule has 0 amide bonds. The first-order valence-corrected chi connectivity index (χ1v) is 10.9. The van der Waals surface area contributed by atoms with E-state index in [0.717, 1.165) is 48.1 Å². The van der Waals surface area contributed by atoms with E-state index in [4.69, 9.17) is 9.15 Å². The van der Waals surface area contributed by atoms with Crippen molar-refractivity contribution in [1.82, 2.24) is 19.4 Å². The highest BCUT2D eigenvalue weighted by Crippen LogP contribution is 2.22. The molecule has 7 nitrogen and oxygen atoms in total. The van der Waals surface area contributed by atoms with Gasteiger partial charge < -0.3 is 14.1 Å². The standard InChI is InChI=1S/C25H26N4O3/c1-17-8-9-23-22(11-17)29(25(30)32-23)15-18-5-3-6-19(12-18)24-26-13-21(14-27-24)31-20-7-4-10-28(2)16-20/h3,5-6,8-9,11-14,20H,4,7,10,15-16H2,1-2H3. The molecule has 0 radical (unpaired) electrons. The van der Waals surface area contributed by atoms with E-state index in [-0.39, 0.29) is 11.9 Å². The number of likely N-dealkylation sites (N-methyl/N-ethyl adjacent to an activating group) is 1. The van der Waals surface area contributed by atoms with Crippen molar-refractivity contribution in [3.8, 4) is 17.1 Å². The van der Waals surface area contributed by atoms with Gasteiger partial charge in [0, 0.05) is 12.1 Å². The van der Waals surface area contributed by atoms with Crippen molar-refractivity contribution in [3.63, 3.8) is 0 Å². The molecule has 0 saturated carbocycles. The summed E-state index contributed by atoms with van der Waals surface area (Å²) in [5.41, 5.74) is 4.34. The molecule has 2 aromatic carbocycles. The van der Waals surface area contributed by atoms with Gasteiger partial charge in [0.15, 0.2) is 17.2 Å². The van der Waals surface area contributed by atoms with Gasteiger partial charge in [-0.25, -0.2) is 14.8 Å². The van der Waals surface area contributed by atoms with E-state index in [1.807, 2.05) is 49.4 Å². The molecule has 5 rings (SSSR count). The number of likely N-dealkylation sites (tertiary alicyclic amines) is 1. The largest absolute Gasteiger partial charge is 0.486 e. The van der Waals surface area contributed by atoms with Crippen molar-refractivity contribution in [2.45, 2.75) is 32.4 Å². The first kappa shape index (κ1) is 20.5. The van der Waals surface area contributed by atoms with Crippen LogP contribution in [0.15, 0.2) is 64.1 Å². The summed E-state index contributed by atoms with van der Waals surface area (Å²) in [7, 11) is 2.11. The van der Waals surface area contributed by atoms with E-state index in [9.17, 15) is 4.79 Å². The monoisotopic (exact) mass is 430 g/mol. The Hall–Kier alpha value is -3.45. The van der Waals surface area contributed by atoms with Gasteiger partial charge in [-0.2, -0.15) is 0 Å². The number of hydrogen-bond donors (Lipinski definition) is 0. The highest BCUT2D eigenvalue weighted by Gasteiger charge is 2.19. The Morgan fingerprint density at radius 2 is 2.00 bits per heavy atom. The first-order chi connectivity index (χ1) is 15.5. The van der Waals surface area contributed by atoms with Gasteiger partial charge >= 0.3 is 5.76 Å². The average Bonchev–Trinajstić information content (AvgIpc) is 3.09. The van der Waals surface area contributed by atoms with Gasteiger partial charge in [0.1, 0.15) is 6.10 Å². The normalized spacial score (nSPS) is 17.0. The zero-order valence-corrected chi connectivity index (χ0v) is 18.3. The number of ether oxygens (including phenoxy) is 1. The highest BCUT2D eigenvalue weighted by molar-refractivity contribution is 5.73. The molecule has 1 saturated heterocycles. The summed E-state index contributed by atoms with van der Waals surface area (Å²) in [6.07, 6.45) is 5.84. The molecule has 3 heterocycles. The smallest absolute Gasteiger partial charge is 0.420 e. The Labute approximate surface area is 186 Å². The molecule has 2 aromatic heterocycles. The summed E-state index contributed by atoms with van der Waals surface area (Å²) in [4.78, 5) is 23.7. The van der Waals surface area contributed by atoms with Gasteiger partial charge in [0.2, 0.25) is 0 Å². The predicted octanol–water partition coefficient (Wildman–Crippen LogP) is 3.88. The second-order valence-corrected chi connectivity index (χ2v) is 8.51. The summed E-state index contributed by atoms with van der Waals surface area (Å²) >= 11 is 0. The van der Waals surface area contributed by atoms with Crippen molar-refractivity contribution in [3.05, 3.63) is 76.5 Å². The SMILES string of the molecule is Cc1ccc2oc(=O)n(Cc3cccc(-c4ncc(OC5CCCN(C)C5)cn4)c3)c2c1. The van der Waals surface area contributed by atoms with E-state index < -0.39 is 0 Å². The van der Waals surface area contributed by atoms with Gasteiger partial charge in [-0.1, -0.05) is 24.3 Å². The van der Waals surface area contributed by atoms with Gasteiger partial charge in [-0.3, -0.25) is 4.57 Å². The lowest BCUT2D eigenvalue weighted by Crippen LogP contribution is -2.38. The first-order valence-electron chi connectivity index (χ1n) is 10.9. The minimum absolute atomic E-state index is 0.179.